The van der Waals surface area contributed by atoms with E-state index < -0.39 is 24.3 Å². The highest BCUT2D eigenvalue weighted by Crippen LogP contribution is 2.31. The van der Waals surface area contributed by atoms with Crippen molar-refractivity contribution in [3.05, 3.63) is 34.9 Å². The monoisotopic (exact) mass is 299 g/mol. The molecule has 0 spiro atoms. The van der Waals surface area contributed by atoms with Gasteiger partial charge in [0.1, 0.15) is 5.60 Å². The van der Waals surface area contributed by atoms with Gasteiger partial charge in [-0.05, 0) is 38.8 Å². The molecule has 4 nitrogen and oxygen atoms in total. The van der Waals surface area contributed by atoms with Crippen molar-refractivity contribution in [3.63, 3.8) is 0 Å². The Morgan fingerprint density at radius 2 is 2.10 bits per heavy atom. The fraction of sp³-hybridized carbons (Fsp3) is 0.533. The highest BCUT2D eigenvalue weighted by atomic mass is 19.3. The van der Waals surface area contributed by atoms with Crippen molar-refractivity contribution in [3.8, 4) is 0 Å². The Labute approximate surface area is 122 Å². The molecule has 0 bridgehead atoms. The first kappa shape index (κ1) is 15.7. The highest BCUT2D eigenvalue weighted by Gasteiger charge is 2.32. The molecule has 1 aliphatic rings. The fourth-order valence-corrected chi connectivity index (χ4v) is 2.27. The van der Waals surface area contributed by atoms with Gasteiger partial charge in [0.25, 0.3) is 6.43 Å². The summed E-state index contributed by atoms with van der Waals surface area (Å²) >= 11 is 0. The number of alkyl halides is 2. The molecule has 0 aromatic heterocycles. The second kappa shape index (κ2) is 5.60. The molecule has 1 atom stereocenters. The summed E-state index contributed by atoms with van der Waals surface area (Å²) in [7, 11) is 0. The van der Waals surface area contributed by atoms with Crippen molar-refractivity contribution in [2.75, 3.05) is 6.54 Å². The standard InChI is InChI=1S/C15H19F2NO3/c1-15(2,3)21-14(20)18-7-6-9-8-10(12(16)17)4-5-11(9)13(18)19/h4-5,8,12-13,19H,6-7H2,1-3H3. The van der Waals surface area contributed by atoms with Crippen LogP contribution in [0.4, 0.5) is 13.6 Å². The number of ether oxygens (including phenoxy) is 1. The van der Waals surface area contributed by atoms with Gasteiger partial charge < -0.3 is 9.84 Å². The molecular weight excluding hydrogens is 280 g/mol. The lowest BCUT2D eigenvalue weighted by Gasteiger charge is -2.35. The van der Waals surface area contributed by atoms with Crippen molar-refractivity contribution < 1.29 is 23.4 Å². The van der Waals surface area contributed by atoms with E-state index in [9.17, 15) is 18.7 Å². The van der Waals surface area contributed by atoms with Gasteiger partial charge in [0, 0.05) is 17.7 Å². The van der Waals surface area contributed by atoms with Crippen molar-refractivity contribution in [2.24, 2.45) is 0 Å². The second-order valence-electron chi connectivity index (χ2n) is 6.06. The number of carbonyl (C=O) groups excluding carboxylic acids is 1. The van der Waals surface area contributed by atoms with Crippen molar-refractivity contribution in [1.29, 1.82) is 0 Å². The average molecular weight is 299 g/mol. The van der Waals surface area contributed by atoms with E-state index in [1.807, 2.05) is 0 Å². The molecule has 2 rings (SSSR count). The number of aliphatic hydroxyl groups is 1. The number of aliphatic hydroxyl groups excluding tert-OH is 1. The molecule has 6 heteroatoms. The zero-order chi connectivity index (χ0) is 15.8. The molecule has 0 radical (unpaired) electrons. The molecule has 1 N–H and O–H groups in total. The molecule has 1 aliphatic heterocycles. The molecule has 0 saturated heterocycles. The minimum Gasteiger partial charge on any atom is -0.444 e. The van der Waals surface area contributed by atoms with Crippen LogP contribution in [0.2, 0.25) is 0 Å². The van der Waals surface area contributed by atoms with E-state index in [2.05, 4.69) is 0 Å². The molecule has 0 aliphatic carbocycles. The maximum Gasteiger partial charge on any atom is 0.412 e. The number of carbonyl (C=O) groups is 1. The van der Waals surface area contributed by atoms with Crippen LogP contribution >= 0.6 is 0 Å². The molecule has 1 amide bonds. The molecule has 1 aromatic rings. The Hall–Kier alpha value is -1.69. The maximum absolute atomic E-state index is 12.7. The first-order valence-corrected chi connectivity index (χ1v) is 6.77. The Bertz CT molecular complexity index is 540. The van der Waals surface area contributed by atoms with Crippen molar-refractivity contribution in [1.82, 2.24) is 4.90 Å². The summed E-state index contributed by atoms with van der Waals surface area (Å²) in [6.07, 6.45) is -3.92. The fourth-order valence-electron chi connectivity index (χ4n) is 2.27. The lowest BCUT2D eigenvalue weighted by atomic mass is 9.96. The van der Waals surface area contributed by atoms with Crippen LogP contribution in [-0.4, -0.2) is 28.2 Å². The molecule has 116 valence electrons. The first-order valence-electron chi connectivity index (χ1n) is 6.77. The molecule has 21 heavy (non-hydrogen) atoms. The molecule has 1 heterocycles. The third-order valence-electron chi connectivity index (χ3n) is 3.24. The van der Waals surface area contributed by atoms with Gasteiger partial charge in [0.2, 0.25) is 0 Å². The predicted octanol–water partition coefficient (Wildman–Crippen LogP) is 3.41. The van der Waals surface area contributed by atoms with Crippen LogP contribution in [0.25, 0.3) is 0 Å². The van der Waals surface area contributed by atoms with Crippen LogP contribution in [0, 0.1) is 0 Å². The molecule has 0 fully saturated rings. The van der Waals surface area contributed by atoms with Crippen LogP contribution in [0.3, 0.4) is 0 Å². The number of halogens is 2. The quantitative estimate of drug-likeness (QED) is 0.864. The Kier molecular flexibility index (Phi) is 4.18. The smallest absolute Gasteiger partial charge is 0.412 e. The SMILES string of the molecule is CC(C)(C)OC(=O)N1CCc2cc(C(F)F)ccc2C1O. The van der Waals surface area contributed by atoms with Gasteiger partial charge in [-0.25, -0.2) is 13.6 Å². The van der Waals surface area contributed by atoms with Gasteiger partial charge in [-0.1, -0.05) is 12.1 Å². The molecular formula is C15H19F2NO3. The number of nitrogens with zero attached hydrogens (tertiary/aromatic N) is 1. The first-order chi connectivity index (χ1) is 9.69. The van der Waals surface area contributed by atoms with Gasteiger partial charge in [-0.15, -0.1) is 0 Å². The normalized spacial score (nSPS) is 18.6. The van der Waals surface area contributed by atoms with E-state index in [1.165, 1.54) is 23.1 Å². The summed E-state index contributed by atoms with van der Waals surface area (Å²) in [5.41, 5.74) is 0.375. The van der Waals surface area contributed by atoms with E-state index >= 15 is 0 Å². The number of benzene rings is 1. The van der Waals surface area contributed by atoms with Gasteiger partial charge in [0.05, 0.1) is 0 Å². The predicted molar refractivity (Wildman–Crippen MR) is 73.0 cm³/mol. The summed E-state index contributed by atoms with van der Waals surface area (Å²) in [5, 5.41) is 10.3. The van der Waals surface area contributed by atoms with E-state index in [-0.39, 0.29) is 12.1 Å². The Balaban J connectivity index is 2.21. The Morgan fingerprint density at radius 1 is 1.43 bits per heavy atom. The lowest BCUT2D eigenvalue weighted by molar-refractivity contribution is -0.0358. The number of rotatable bonds is 1. The molecule has 1 unspecified atom stereocenters. The van der Waals surface area contributed by atoms with Crippen LogP contribution in [0.1, 0.15) is 50.1 Å². The number of fused-ring (bicyclic) bond motifs is 1. The van der Waals surface area contributed by atoms with Crippen LogP contribution in [0.15, 0.2) is 18.2 Å². The zero-order valence-electron chi connectivity index (χ0n) is 12.3. The largest absolute Gasteiger partial charge is 0.444 e. The van der Waals surface area contributed by atoms with E-state index in [0.717, 1.165) is 0 Å². The van der Waals surface area contributed by atoms with Crippen molar-refractivity contribution >= 4 is 6.09 Å². The van der Waals surface area contributed by atoms with Crippen molar-refractivity contribution in [2.45, 2.75) is 45.4 Å². The van der Waals surface area contributed by atoms with Crippen LogP contribution in [0.5, 0.6) is 0 Å². The van der Waals surface area contributed by atoms with Gasteiger partial charge in [0.15, 0.2) is 6.23 Å². The average Bonchev–Trinajstić information content (AvgIpc) is 2.36. The molecule has 1 aromatic carbocycles. The number of hydrogen-bond acceptors (Lipinski definition) is 3. The minimum absolute atomic E-state index is 0.0772. The van der Waals surface area contributed by atoms with E-state index in [1.54, 1.807) is 20.8 Å². The topological polar surface area (TPSA) is 49.8 Å². The van der Waals surface area contributed by atoms with Gasteiger partial charge in [-0.3, -0.25) is 4.90 Å². The summed E-state index contributed by atoms with van der Waals surface area (Å²) in [4.78, 5) is 13.2. The highest BCUT2D eigenvalue weighted by molar-refractivity contribution is 5.69. The summed E-state index contributed by atoms with van der Waals surface area (Å²) < 4.78 is 30.6. The van der Waals surface area contributed by atoms with Crippen LogP contribution in [-0.2, 0) is 11.2 Å². The van der Waals surface area contributed by atoms with E-state index in [4.69, 9.17) is 4.74 Å². The third-order valence-corrected chi connectivity index (χ3v) is 3.24. The minimum atomic E-state index is -2.55. The lowest BCUT2D eigenvalue weighted by Crippen LogP contribution is -2.43. The van der Waals surface area contributed by atoms with Gasteiger partial charge >= 0.3 is 6.09 Å². The van der Waals surface area contributed by atoms with Gasteiger partial charge in [-0.2, -0.15) is 0 Å². The maximum atomic E-state index is 12.7. The number of amides is 1. The summed E-state index contributed by atoms with van der Waals surface area (Å²) in [6.45, 7) is 5.45. The molecule has 0 saturated carbocycles. The zero-order valence-corrected chi connectivity index (χ0v) is 12.3. The van der Waals surface area contributed by atoms with Crippen LogP contribution < -0.4 is 0 Å². The second-order valence-corrected chi connectivity index (χ2v) is 6.06. The summed E-state index contributed by atoms with van der Waals surface area (Å²) in [6, 6.07) is 4.10. The third kappa shape index (κ3) is 3.50. The van der Waals surface area contributed by atoms with E-state index in [0.29, 0.717) is 17.5 Å². The summed E-state index contributed by atoms with van der Waals surface area (Å²) in [5.74, 6) is 0. The Morgan fingerprint density at radius 3 is 2.67 bits per heavy atom. The number of hydrogen-bond donors (Lipinski definition) is 1.